The van der Waals surface area contributed by atoms with Crippen LogP contribution in [0.2, 0.25) is 13.1 Å². The van der Waals surface area contributed by atoms with Crippen molar-refractivity contribution < 1.29 is 0 Å². The second-order valence-electron chi connectivity index (χ2n) is 15.9. The second-order valence-corrected chi connectivity index (χ2v) is 20.2. The minimum absolute atomic E-state index is 0.703. The summed E-state index contributed by atoms with van der Waals surface area (Å²) in [6.07, 6.45) is 0. The highest BCUT2D eigenvalue weighted by Gasteiger charge is 2.38. The van der Waals surface area contributed by atoms with Crippen LogP contribution in [0.3, 0.4) is 0 Å². The van der Waals surface area contributed by atoms with Crippen LogP contribution in [0.1, 0.15) is 0 Å². The first kappa shape index (κ1) is 34.9. The predicted molar refractivity (Wildman–Crippen MR) is 250 cm³/mol. The Bertz CT molecular complexity index is 3100. The van der Waals surface area contributed by atoms with Gasteiger partial charge in [-0.3, -0.25) is 0 Å². The molecule has 0 saturated heterocycles. The van der Waals surface area contributed by atoms with Gasteiger partial charge in [-0.2, -0.15) is 0 Å². The Morgan fingerprint density at radius 3 is 1.59 bits per heavy atom. The van der Waals surface area contributed by atoms with Crippen LogP contribution in [-0.4, -0.2) is 22.6 Å². The Morgan fingerprint density at radius 1 is 0.373 bits per heavy atom. The standard InChI is InChI=1S/C54H40N4Si/c1-59(2)52-29-13-11-27-50(52)58(51-28-12-14-30-53(51)59)43-24-16-23-42(35-43)57-48-26-10-9-25-44(48)45-34-40(31-32-49(45)57)39-21-15-22-41(33-39)54-55-46(37-17-5-3-6-18-37)36-47(56-54)38-19-7-4-8-20-38/h3-36H,1-2H3. The zero-order valence-corrected chi connectivity index (χ0v) is 33.9. The van der Waals surface area contributed by atoms with Gasteiger partial charge in [-0.05, 0) is 82.2 Å². The van der Waals surface area contributed by atoms with E-state index in [0.29, 0.717) is 5.82 Å². The van der Waals surface area contributed by atoms with Crippen LogP contribution < -0.4 is 15.3 Å². The Balaban J connectivity index is 1.02. The molecule has 0 saturated carbocycles. The molecule has 59 heavy (non-hydrogen) atoms. The summed E-state index contributed by atoms with van der Waals surface area (Å²) < 4.78 is 2.42. The van der Waals surface area contributed by atoms with E-state index in [1.54, 1.807) is 0 Å². The van der Waals surface area contributed by atoms with Crippen LogP contribution in [0, 0.1) is 0 Å². The average Bonchev–Trinajstić information content (AvgIpc) is 3.63. The molecule has 0 amide bonds. The van der Waals surface area contributed by atoms with E-state index in [4.69, 9.17) is 9.97 Å². The van der Waals surface area contributed by atoms with E-state index in [1.165, 1.54) is 43.6 Å². The van der Waals surface area contributed by atoms with Crippen molar-refractivity contribution in [3.63, 3.8) is 0 Å². The van der Waals surface area contributed by atoms with Crippen LogP contribution in [-0.2, 0) is 0 Å². The van der Waals surface area contributed by atoms with E-state index in [0.717, 1.165) is 50.6 Å². The molecule has 280 valence electrons. The topological polar surface area (TPSA) is 34.0 Å². The maximum Gasteiger partial charge on any atom is 0.160 e. The van der Waals surface area contributed by atoms with Gasteiger partial charge in [0.05, 0.1) is 22.4 Å². The van der Waals surface area contributed by atoms with Crippen molar-refractivity contribution in [2.24, 2.45) is 0 Å². The number of anilines is 3. The van der Waals surface area contributed by atoms with Gasteiger partial charge in [0.2, 0.25) is 0 Å². The summed E-state index contributed by atoms with van der Waals surface area (Å²) in [6.45, 7) is 4.94. The molecule has 0 fully saturated rings. The number of benzene rings is 8. The highest BCUT2D eigenvalue weighted by Crippen LogP contribution is 2.41. The van der Waals surface area contributed by atoms with E-state index in [1.807, 2.05) is 12.1 Å². The molecule has 10 aromatic rings. The van der Waals surface area contributed by atoms with Gasteiger partial charge in [-0.25, -0.2) is 9.97 Å². The lowest BCUT2D eigenvalue weighted by molar-refractivity contribution is 1.17. The number of hydrogen-bond donors (Lipinski definition) is 0. The maximum absolute atomic E-state index is 5.12. The van der Waals surface area contributed by atoms with Crippen molar-refractivity contribution in [3.05, 3.63) is 206 Å². The monoisotopic (exact) mass is 772 g/mol. The Hall–Kier alpha value is -7.34. The van der Waals surface area contributed by atoms with Crippen molar-refractivity contribution >= 4 is 57.3 Å². The maximum atomic E-state index is 5.12. The summed E-state index contributed by atoms with van der Waals surface area (Å²) in [5.41, 5.74) is 14.4. The van der Waals surface area contributed by atoms with Crippen LogP contribution in [0.15, 0.2) is 206 Å². The van der Waals surface area contributed by atoms with E-state index in [-0.39, 0.29) is 0 Å². The third-order valence-electron chi connectivity index (χ3n) is 12.0. The molecule has 0 bridgehead atoms. The molecule has 2 aromatic heterocycles. The third-order valence-corrected chi connectivity index (χ3v) is 15.5. The quantitative estimate of drug-likeness (QED) is 0.158. The number of para-hydroxylation sites is 3. The normalized spacial score (nSPS) is 13.0. The lowest BCUT2D eigenvalue weighted by Gasteiger charge is -2.41. The SMILES string of the molecule is C[Si]1(C)c2ccccc2N(c2cccc(-n3c4ccccc4c4cc(-c5cccc(-c6nc(-c7ccccc7)cc(-c7ccccc7)n6)c5)ccc43)c2)c2ccccc21. The first-order valence-electron chi connectivity index (χ1n) is 20.2. The molecule has 1 aliphatic rings. The number of hydrogen-bond acceptors (Lipinski definition) is 3. The number of fused-ring (bicyclic) bond motifs is 5. The molecule has 4 nitrogen and oxygen atoms in total. The Labute approximate surface area is 345 Å². The largest absolute Gasteiger partial charge is 0.311 e. The molecule has 11 rings (SSSR count). The zero-order chi connectivity index (χ0) is 39.5. The summed E-state index contributed by atoms with van der Waals surface area (Å²) in [5.74, 6) is 0.703. The highest BCUT2D eigenvalue weighted by atomic mass is 28.3. The van der Waals surface area contributed by atoms with Crippen molar-refractivity contribution in [2.75, 3.05) is 4.90 Å². The van der Waals surface area contributed by atoms with Crippen molar-refractivity contribution in [2.45, 2.75) is 13.1 Å². The summed E-state index contributed by atoms with van der Waals surface area (Å²) in [5, 5.41) is 5.36. The summed E-state index contributed by atoms with van der Waals surface area (Å²) in [6, 6.07) is 74.1. The molecule has 3 heterocycles. The predicted octanol–water partition coefficient (Wildman–Crippen LogP) is 12.8. The van der Waals surface area contributed by atoms with Crippen LogP contribution >= 0.6 is 0 Å². The third kappa shape index (κ3) is 5.89. The van der Waals surface area contributed by atoms with Gasteiger partial charge in [-0.1, -0.05) is 159 Å². The van der Waals surface area contributed by atoms with Crippen LogP contribution in [0.5, 0.6) is 0 Å². The Kier molecular flexibility index (Phi) is 8.24. The number of rotatable bonds is 6. The van der Waals surface area contributed by atoms with Gasteiger partial charge in [0.25, 0.3) is 0 Å². The van der Waals surface area contributed by atoms with Crippen LogP contribution in [0.25, 0.3) is 72.5 Å². The molecule has 1 aliphatic heterocycles. The highest BCUT2D eigenvalue weighted by molar-refractivity contribution is 7.02. The smallest absolute Gasteiger partial charge is 0.160 e. The fourth-order valence-electron chi connectivity index (χ4n) is 9.08. The molecule has 0 aliphatic carbocycles. The van der Waals surface area contributed by atoms with Crippen LogP contribution in [0.4, 0.5) is 17.1 Å². The van der Waals surface area contributed by atoms with Gasteiger partial charge in [0, 0.05) is 50.2 Å². The fraction of sp³-hybridized carbons (Fsp3) is 0.0370. The molecular formula is C54H40N4Si. The molecular weight excluding hydrogens is 733 g/mol. The van der Waals surface area contributed by atoms with E-state index >= 15 is 0 Å². The molecule has 0 atom stereocenters. The van der Waals surface area contributed by atoms with Crippen molar-refractivity contribution in [3.8, 4) is 50.7 Å². The van der Waals surface area contributed by atoms with Gasteiger partial charge < -0.3 is 9.47 Å². The van der Waals surface area contributed by atoms with Gasteiger partial charge in [0.15, 0.2) is 5.82 Å². The van der Waals surface area contributed by atoms with Gasteiger partial charge >= 0.3 is 0 Å². The second kappa shape index (κ2) is 13.9. The molecule has 5 heteroatoms. The molecule has 0 unspecified atom stereocenters. The lowest BCUT2D eigenvalue weighted by atomic mass is 10.00. The van der Waals surface area contributed by atoms with Gasteiger partial charge in [0.1, 0.15) is 8.07 Å². The minimum Gasteiger partial charge on any atom is -0.311 e. The summed E-state index contributed by atoms with van der Waals surface area (Å²) in [7, 11) is -1.89. The van der Waals surface area contributed by atoms with Crippen molar-refractivity contribution in [1.82, 2.24) is 14.5 Å². The molecule has 8 aromatic carbocycles. The molecule has 0 spiro atoms. The van der Waals surface area contributed by atoms with E-state index in [2.05, 4.69) is 217 Å². The first-order chi connectivity index (χ1) is 29.0. The lowest BCUT2D eigenvalue weighted by Crippen LogP contribution is -2.58. The number of aromatic nitrogens is 3. The fourth-order valence-corrected chi connectivity index (χ4v) is 12.1. The Morgan fingerprint density at radius 2 is 0.898 bits per heavy atom. The first-order valence-corrected chi connectivity index (χ1v) is 23.2. The summed E-state index contributed by atoms with van der Waals surface area (Å²) >= 11 is 0. The van der Waals surface area contributed by atoms with Crippen molar-refractivity contribution in [1.29, 1.82) is 0 Å². The minimum atomic E-state index is -1.89. The van der Waals surface area contributed by atoms with E-state index < -0.39 is 8.07 Å². The number of nitrogens with zero attached hydrogens (tertiary/aromatic N) is 4. The molecule has 0 radical (unpaired) electrons. The zero-order valence-electron chi connectivity index (χ0n) is 32.9. The average molecular weight is 773 g/mol. The van der Waals surface area contributed by atoms with E-state index in [9.17, 15) is 0 Å². The van der Waals surface area contributed by atoms with Gasteiger partial charge in [-0.15, -0.1) is 0 Å². The molecule has 0 N–H and O–H groups in total. The summed E-state index contributed by atoms with van der Waals surface area (Å²) in [4.78, 5) is 12.7.